The van der Waals surface area contributed by atoms with Crippen LogP contribution < -0.4 is 15.8 Å². The van der Waals surface area contributed by atoms with Crippen LogP contribution in [0.5, 0.6) is 5.75 Å². The molecule has 1 aromatic rings. The number of nitrogens with one attached hydrogen (secondary N) is 1. The molecule has 1 rings (SSSR count). The second kappa shape index (κ2) is 6.27. The van der Waals surface area contributed by atoms with Gasteiger partial charge in [0, 0.05) is 32.0 Å². The monoisotopic (exact) mass is 210 g/mol. The lowest BCUT2D eigenvalue weighted by molar-refractivity contribution is 0.210. The minimum absolute atomic E-state index is 0.513. The minimum atomic E-state index is 0.513. The molecule has 0 radical (unpaired) electrons. The molecule has 15 heavy (non-hydrogen) atoms. The van der Waals surface area contributed by atoms with Crippen molar-refractivity contribution in [2.75, 3.05) is 32.7 Å². The molecule has 0 saturated heterocycles. The molecule has 0 aliphatic heterocycles. The fraction of sp³-hybridized carbons (Fsp3) is 0.455. The van der Waals surface area contributed by atoms with E-state index in [2.05, 4.69) is 5.32 Å². The van der Waals surface area contributed by atoms with Crippen LogP contribution >= 0.6 is 0 Å². The van der Waals surface area contributed by atoms with Crippen LogP contribution in [0, 0.1) is 0 Å². The van der Waals surface area contributed by atoms with Gasteiger partial charge < -0.3 is 20.5 Å². The van der Waals surface area contributed by atoms with E-state index in [1.54, 1.807) is 14.2 Å². The maximum absolute atomic E-state index is 5.63. The third-order valence-corrected chi connectivity index (χ3v) is 2.16. The lowest BCUT2D eigenvalue weighted by Crippen LogP contribution is -2.10. The van der Waals surface area contributed by atoms with Crippen LogP contribution in [0.3, 0.4) is 0 Å². The molecule has 0 atom stereocenters. The Labute approximate surface area is 90.4 Å². The summed E-state index contributed by atoms with van der Waals surface area (Å²) in [6, 6.07) is 5.81. The van der Waals surface area contributed by atoms with Crippen molar-refractivity contribution in [1.29, 1.82) is 0 Å². The highest BCUT2D eigenvalue weighted by atomic mass is 16.5. The highest BCUT2D eigenvalue weighted by molar-refractivity contribution is 5.55. The van der Waals surface area contributed by atoms with E-state index in [-0.39, 0.29) is 0 Å². The van der Waals surface area contributed by atoms with Gasteiger partial charge in [0.1, 0.15) is 5.75 Å². The Balaban J connectivity index is 2.72. The minimum Gasteiger partial charge on any atom is -0.497 e. The highest BCUT2D eigenvalue weighted by Gasteiger charge is 2.02. The van der Waals surface area contributed by atoms with Gasteiger partial charge in [-0.1, -0.05) is 6.07 Å². The number of anilines is 1. The molecular formula is C11H18N2O2. The molecule has 0 fully saturated rings. The van der Waals surface area contributed by atoms with E-state index in [4.69, 9.17) is 15.2 Å². The van der Waals surface area contributed by atoms with E-state index in [0.717, 1.165) is 23.5 Å². The number of hydrogen-bond donors (Lipinski definition) is 2. The topological polar surface area (TPSA) is 56.5 Å². The van der Waals surface area contributed by atoms with Gasteiger partial charge in [-0.15, -0.1) is 0 Å². The molecule has 4 nitrogen and oxygen atoms in total. The van der Waals surface area contributed by atoms with Crippen molar-refractivity contribution in [3.63, 3.8) is 0 Å². The van der Waals surface area contributed by atoms with Crippen LogP contribution in [-0.4, -0.2) is 27.4 Å². The van der Waals surface area contributed by atoms with Crippen molar-refractivity contribution in [1.82, 2.24) is 0 Å². The summed E-state index contributed by atoms with van der Waals surface area (Å²) in [7, 11) is 3.33. The third kappa shape index (κ3) is 3.42. The molecule has 0 amide bonds. The molecule has 0 aliphatic rings. The Morgan fingerprint density at radius 1 is 1.33 bits per heavy atom. The average Bonchev–Trinajstić information content (AvgIpc) is 2.29. The molecule has 0 heterocycles. The maximum Gasteiger partial charge on any atom is 0.120 e. The highest BCUT2D eigenvalue weighted by Crippen LogP contribution is 2.21. The number of hydrogen-bond acceptors (Lipinski definition) is 4. The van der Waals surface area contributed by atoms with E-state index >= 15 is 0 Å². The molecule has 0 aromatic heterocycles. The summed E-state index contributed by atoms with van der Waals surface area (Å²) in [6.07, 6.45) is 0. The standard InChI is InChI=1S/C11H18N2O2/c1-14-6-5-13-11-7-10(15-2)4-3-9(11)8-12/h3-4,7,13H,5-6,8,12H2,1-2H3. The van der Waals surface area contributed by atoms with Gasteiger partial charge in [0.15, 0.2) is 0 Å². The Hall–Kier alpha value is -1.26. The zero-order valence-electron chi connectivity index (χ0n) is 9.25. The van der Waals surface area contributed by atoms with Crippen LogP contribution in [0.1, 0.15) is 5.56 Å². The Bertz CT molecular complexity index is 303. The molecule has 0 saturated carbocycles. The summed E-state index contributed by atoms with van der Waals surface area (Å²) in [5.41, 5.74) is 7.72. The summed E-state index contributed by atoms with van der Waals surface area (Å²) < 4.78 is 10.1. The molecule has 0 unspecified atom stereocenters. The van der Waals surface area contributed by atoms with Gasteiger partial charge in [-0.3, -0.25) is 0 Å². The lowest BCUT2D eigenvalue weighted by atomic mass is 10.1. The second-order valence-electron chi connectivity index (χ2n) is 3.15. The van der Waals surface area contributed by atoms with Gasteiger partial charge in [-0.05, 0) is 11.6 Å². The first-order valence-electron chi connectivity index (χ1n) is 4.91. The average molecular weight is 210 g/mol. The third-order valence-electron chi connectivity index (χ3n) is 2.16. The van der Waals surface area contributed by atoms with Crippen molar-refractivity contribution >= 4 is 5.69 Å². The van der Waals surface area contributed by atoms with Crippen molar-refractivity contribution in [3.8, 4) is 5.75 Å². The fourth-order valence-corrected chi connectivity index (χ4v) is 1.31. The quantitative estimate of drug-likeness (QED) is 0.693. The zero-order chi connectivity index (χ0) is 11.1. The summed E-state index contributed by atoms with van der Waals surface area (Å²) in [6.45, 7) is 1.94. The van der Waals surface area contributed by atoms with E-state index in [1.807, 2.05) is 18.2 Å². The predicted octanol–water partition coefficient (Wildman–Crippen LogP) is 1.21. The van der Waals surface area contributed by atoms with E-state index in [1.165, 1.54) is 0 Å². The zero-order valence-corrected chi connectivity index (χ0v) is 9.25. The van der Waals surface area contributed by atoms with Crippen molar-refractivity contribution in [2.45, 2.75) is 6.54 Å². The summed E-state index contributed by atoms with van der Waals surface area (Å²) in [5, 5.41) is 3.25. The molecule has 0 aliphatic carbocycles. The summed E-state index contributed by atoms with van der Waals surface area (Å²) >= 11 is 0. The first kappa shape index (κ1) is 11.8. The first-order valence-corrected chi connectivity index (χ1v) is 4.91. The molecule has 0 bridgehead atoms. The van der Waals surface area contributed by atoms with Crippen LogP contribution in [-0.2, 0) is 11.3 Å². The van der Waals surface area contributed by atoms with Gasteiger partial charge >= 0.3 is 0 Å². The molecule has 1 aromatic carbocycles. The van der Waals surface area contributed by atoms with Crippen molar-refractivity contribution < 1.29 is 9.47 Å². The number of methoxy groups -OCH3 is 2. The van der Waals surface area contributed by atoms with Gasteiger partial charge in [-0.2, -0.15) is 0 Å². The largest absolute Gasteiger partial charge is 0.497 e. The molecular weight excluding hydrogens is 192 g/mol. The van der Waals surface area contributed by atoms with Gasteiger partial charge in [0.2, 0.25) is 0 Å². The number of nitrogens with two attached hydrogens (primary N) is 1. The fourth-order valence-electron chi connectivity index (χ4n) is 1.31. The number of rotatable bonds is 6. The molecule has 4 heteroatoms. The smallest absolute Gasteiger partial charge is 0.120 e. The normalized spacial score (nSPS) is 10.1. The molecule has 3 N–H and O–H groups in total. The summed E-state index contributed by atoms with van der Waals surface area (Å²) in [4.78, 5) is 0. The Kier molecular flexibility index (Phi) is 4.93. The predicted molar refractivity (Wildman–Crippen MR) is 61.3 cm³/mol. The van der Waals surface area contributed by atoms with Crippen molar-refractivity contribution in [3.05, 3.63) is 23.8 Å². The second-order valence-corrected chi connectivity index (χ2v) is 3.15. The van der Waals surface area contributed by atoms with Gasteiger partial charge in [-0.25, -0.2) is 0 Å². The SMILES string of the molecule is COCCNc1cc(OC)ccc1CN. The van der Waals surface area contributed by atoms with Gasteiger partial charge in [0.05, 0.1) is 13.7 Å². The maximum atomic E-state index is 5.63. The van der Waals surface area contributed by atoms with E-state index in [9.17, 15) is 0 Å². The number of ether oxygens (including phenoxy) is 2. The van der Waals surface area contributed by atoms with Crippen LogP contribution in [0.15, 0.2) is 18.2 Å². The Morgan fingerprint density at radius 2 is 2.13 bits per heavy atom. The number of benzene rings is 1. The van der Waals surface area contributed by atoms with Crippen LogP contribution in [0.2, 0.25) is 0 Å². The van der Waals surface area contributed by atoms with E-state index < -0.39 is 0 Å². The van der Waals surface area contributed by atoms with Crippen LogP contribution in [0.4, 0.5) is 5.69 Å². The molecule has 84 valence electrons. The first-order chi connectivity index (χ1) is 7.31. The van der Waals surface area contributed by atoms with Crippen LogP contribution in [0.25, 0.3) is 0 Å². The lowest BCUT2D eigenvalue weighted by Gasteiger charge is -2.12. The molecule has 0 spiro atoms. The van der Waals surface area contributed by atoms with Crippen molar-refractivity contribution in [2.24, 2.45) is 5.73 Å². The Morgan fingerprint density at radius 3 is 2.73 bits per heavy atom. The van der Waals surface area contributed by atoms with E-state index in [0.29, 0.717) is 13.2 Å². The summed E-state index contributed by atoms with van der Waals surface area (Å²) in [5.74, 6) is 0.826. The van der Waals surface area contributed by atoms with Gasteiger partial charge in [0.25, 0.3) is 0 Å².